The van der Waals surface area contributed by atoms with Crippen LogP contribution >= 0.6 is 0 Å². The van der Waals surface area contributed by atoms with Gasteiger partial charge in [0.05, 0.1) is 6.10 Å². The average Bonchev–Trinajstić information content (AvgIpc) is 3.17. The van der Waals surface area contributed by atoms with E-state index in [-0.39, 0.29) is 11.9 Å². The Morgan fingerprint density at radius 3 is 2.70 bits per heavy atom. The molecule has 6 nitrogen and oxygen atoms in total. The molecule has 3 rings (SSSR count). The topological polar surface area (TPSA) is 70.4 Å². The van der Waals surface area contributed by atoms with Crippen LogP contribution in [0.3, 0.4) is 0 Å². The summed E-state index contributed by atoms with van der Waals surface area (Å²) in [5, 5.41) is 12.2. The van der Waals surface area contributed by atoms with Gasteiger partial charge in [-0.05, 0) is 30.7 Å². The van der Waals surface area contributed by atoms with E-state index in [4.69, 9.17) is 0 Å². The summed E-state index contributed by atoms with van der Waals surface area (Å²) in [6.07, 6.45) is 2.63. The quantitative estimate of drug-likeness (QED) is 0.912. The monoisotopic (exact) mass is 322 g/mol. The highest BCUT2D eigenvalue weighted by atomic mass is 19.3. The Morgan fingerprint density at radius 2 is 2.09 bits per heavy atom. The fraction of sp³-hybridized carbons (Fsp3) is 0.333. The zero-order valence-electron chi connectivity index (χ0n) is 12.2. The number of hydrogen-bond donors (Lipinski definition) is 2. The largest absolute Gasteiger partial charge is 0.391 e. The number of likely N-dealkylation sites (tertiary alicyclic amines) is 1. The van der Waals surface area contributed by atoms with Gasteiger partial charge < -0.3 is 15.3 Å². The molecule has 8 heteroatoms. The first-order valence-electron chi connectivity index (χ1n) is 7.20. The van der Waals surface area contributed by atoms with Crippen molar-refractivity contribution in [1.29, 1.82) is 0 Å². The van der Waals surface area contributed by atoms with Crippen LogP contribution in [-0.4, -0.2) is 44.8 Å². The van der Waals surface area contributed by atoms with Crippen LogP contribution in [-0.2, 0) is 0 Å². The molecule has 2 aromatic rings. The predicted octanol–water partition coefficient (Wildman–Crippen LogP) is 2.54. The van der Waals surface area contributed by atoms with Crippen LogP contribution in [0.15, 0.2) is 36.7 Å². The number of carbonyl (C=O) groups is 1. The van der Waals surface area contributed by atoms with E-state index < -0.39 is 12.7 Å². The number of amides is 2. The summed E-state index contributed by atoms with van der Waals surface area (Å²) < 4.78 is 26.5. The molecule has 2 heterocycles. The Balaban J connectivity index is 1.70. The molecule has 1 atom stereocenters. The SMILES string of the molecule is O=C(Nc1ccc(-c2nccn2C(F)F)cc1)N1CC[C@@H](O)C1. The van der Waals surface area contributed by atoms with Crippen LogP contribution < -0.4 is 5.32 Å². The average molecular weight is 322 g/mol. The van der Waals surface area contributed by atoms with Gasteiger partial charge in [0.25, 0.3) is 0 Å². The van der Waals surface area contributed by atoms with Crippen LogP contribution in [0.4, 0.5) is 19.3 Å². The van der Waals surface area contributed by atoms with Gasteiger partial charge in [-0.3, -0.25) is 4.57 Å². The van der Waals surface area contributed by atoms with E-state index in [0.29, 0.717) is 30.8 Å². The van der Waals surface area contributed by atoms with Crippen molar-refractivity contribution in [2.75, 3.05) is 18.4 Å². The zero-order valence-corrected chi connectivity index (χ0v) is 12.2. The third-order valence-corrected chi connectivity index (χ3v) is 3.72. The summed E-state index contributed by atoms with van der Waals surface area (Å²) in [7, 11) is 0. The first-order chi connectivity index (χ1) is 11.0. The highest BCUT2D eigenvalue weighted by molar-refractivity contribution is 5.89. The van der Waals surface area contributed by atoms with Crippen molar-refractivity contribution in [1.82, 2.24) is 14.5 Å². The number of nitrogens with one attached hydrogen (secondary N) is 1. The summed E-state index contributed by atoms with van der Waals surface area (Å²) in [6, 6.07) is 6.21. The zero-order chi connectivity index (χ0) is 16.4. The molecule has 1 aliphatic rings. The number of alkyl halides is 2. The Labute approximate surface area is 131 Å². The predicted molar refractivity (Wildman–Crippen MR) is 80.1 cm³/mol. The number of anilines is 1. The Bertz CT molecular complexity index is 687. The Kier molecular flexibility index (Phi) is 4.24. The molecule has 0 aliphatic carbocycles. The molecule has 0 radical (unpaired) electrons. The van der Waals surface area contributed by atoms with Gasteiger partial charge in [-0.2, -0.15) is 8.78 Å². The fourth-order valence-corrected chi connectivity index (χ4v) is 2.53. The standard InChI is InChI=1S/C15H16F2N4O2/c16-14(17)21-8-6-18-13(21)10-1-3-11(4-2-10)19-15(23)20-7-5-12(22)9-20/h1-4,6,8,12,14,22H,5,7,9H2,(H,19,23)/t12-/m1/s1. The van der Waals surface area contributed by atoms with E-state index in [1.54, 1.807) is 24.3 Å². The first-order valence-corrected chi connectivity index (χ1v) is 7.20. The van der Waals surface area contributed by atoms with Crippen LogP contribution in [0.25, 0.3) is 11.4 Å². The molecule has 122 valence electrons. The number of aromatic nitrogens is 2. The van der Waals surface area contributed by atoms with E-state index in [1.165, 1.54) is 17.3 Å². The molecule has 0 unspecified atom stereocenters. The maximum atomic E-state index is 12.8. The second-order valence-electron chi connectivity index (χ2n) is 5.33. The summed E-state index contributed by atoms with van der Waals surface area (Å²) in [5.41, 5.74) is 1.08. The summed E-state index contributed by atoms with van der Waals surface area (Å²) in [4.78, 5) is 17.5. The maximum Gasteiger partial charge on any atom is 0.321 e. The van der Waals surface area contributed by atoms with Gasteiger partial charge in [0.15, 0.2) is 0 Å². The molecule has 1 saturated heterocycles. The fourth-order valence-electron chi connectivity index (χ4n) is 2.53. The molecular weight excluding hydrogens is 306 g/mol. The number of imidazole rings is 1. The van der Waals surface area contributed by atoms with E-state index in [2.05, 4.69) is 10.3 Å². The highest BCUT2D eigenvalue weighted by Gasteiger charge is 2.24. The molecule has 1 aromatic heterocycles. The Morgan fingerprint density at radius 1 is 1.35 bits per heavy atom. The van der Waals surface area contributed by atoms with Gasteiger partial charge >= 0.3 is 12.6 Å². The Hall–Kier alpha value is -2.48. The molecule has 0 bridgehead atoms. The third-order valence-electron chi connectivity index (χ3n) is 3.72. The van der Waals surface area contributed by atoms with Gasteiger partial charge in [-0.1, -0.05) is 0 Å². The maximum absolute atomic E-state index is 12.8. The molecule has 1 aromatic carbocycles. The number of benzene rings is 1. The lowest BCUT2D eigenvalue weighted by molar-refractivity contribution is 0.0720. The van der Waals surface area contributed by atoms with Gasteiger partial charge in [0, 0.05) is 36.7 Å². The summed E-state index contributed by atoms with van der Waals surface area (Å²) in [6.45, 7) is -1.83. The van der Waals surface area contributed by atoms with Crippen molar-refractivity contribution in [3.05, 3.63) is 36.7 Å². The number of β-amino-alcohol motifs (C(OH)–C–C–N with tert-alkyl or cyclic N) is 1. The summed E-state index contributed by atoms with van der Waals surface area (Å²) in [5.74, 6) is 0.167. The number of carbonyl (C=O) groups excluding carboxylic acids is 1. The minimum absolute atomic E-state index is 0.167. The minimum atomic E-state index is -2.66. The number of aliphatic hydroxyl groups is 1. The van der Waals surface area contributed by atoms with Crippen LogP contribution in [0.5, 0.6) is 0 Å². The smallest absolute Gasteiger partial charge is 0.321 e. The number of hydrogen-bond acceptors (Lipinski definition) is 3. The van der Waals surface area contributed by atoms with Gasteiger partial charge in [-0.25, -0.2) is 9.78 Å². The van der Waals surface area contributed by atoms with Crippen LogP contribution in [0.2, 0.25) is 0 Å². The van der Waals surface area contributed by atoms with Crippen molar-refractivity contribution < 1.29 is 18.7 Å². The van der Waals surface area contributed by atoms with Crippen molar-refractivity contribution in [3.63, 3.8) is 0 Å². The molecular formula is C15H16F2N4O2. The first kappa shape index (κ1) is 15.4. The van der Waals surface area contributed by atoms with Crippen LogP contribution in [0.1, 0.15) is 13.0 Å². The highest BCUT2D eigenvalue weighted by Crippen LogP contribution is 2.24. The molecule has 1 aliphatic heterocycles. The van der Waals surface area contributed by atoms with Crippen LogP contribution in [0, 0.1) is 0 Å². The van der Waals surface area contributed by atoms with Crippen molar-refractivity contribution in [2.24, 2.45) is 0 Å². The lowest BCUT2D eigenvalue weighted by atomic mass is 10.2. The number of urea groups is 1. The lowest BCUT2D eigenvalue weighted by Gasteiger charge is -2.16. The molecule has 0 saturated carbocycles. The van der Waals surface area contributed by atoms with Gasteiger partial charge in [-0.15, -0.1) is 0 Å². The van der Waals surface area contributed by atoms with E-state index in [9.17, 15) is 18.7 Å². The third kappa shape index (κ3) is 3.31. The van der Waals surface area contributed by atoms with Crippen molar-refractivity contribution >= 4 is 11.7 Å². The van der Waals surface area contributed by atoms with Crippen molar-refractivity contribution in [3.8, 4) is 11.4 Å². The van der Waals surface area contributed by atoms with E-state index in [0.717, 1.165) is 4.57 Å². The second kappa shape index (κ2) is 6.33. The molecule has 2 N–H and O–H groups in total. The molecule has 0 spiro atoms. The number of aliphatic hydroxyl groups excluding tert-OH is 1. The summed E-state index contributed by atoms with van der Waals surface area (Å²) >= 11 is 0. The minimum Gasteiger partial charge on any atom is -0.391 e. The number of rotatable bonds is 3. The molecule has 2 amide bonds. The van der Waals surface area contributed by atoms with Crippen molar-refractivity contribution in [2.45, 2.75) is 19.1 Å². The normalized spacial score (nSPS) is 17.7. The second-order valence-corrected chi connectivity index (χ2v) is 5.33. The molecule has 23 heavy (non-hydrogen) atoms. The number of nitrogens with zero attached hydrogens (tertiary/aromatic N) is 3. The number of halogens is 2. The lowest BCUT2D eigenvalue weighted by Crippen LogP contribution is -2.33. The van der Waals surface area contributed by atoms with Gasteiger partial charge in [0.1, 0.15) is 5.82 Å². The van der Waals surface area contributed by atoms with Gasteiger partial charge in [0.2, 0.25) is 0 Å². The molecule has 1 fully saturated rings. The van der Waals surface area contributed by atoms with E-state index in [1.807, 2.05) is 0 Å². The van der Waals surface area contributed by atoms with E-state index >= 15 is 0 Å².